The molecule has 0 aliphatic carbocycles. The topological polar surface area (TPSA) is 82.7 Å². The summed E-state index contributed by atoms with van der Waals surface area (Å²) < 4.78 is 0. The number of aliphatic hydroxyl groups is 1. The van der Waals surface area contributed by atoms with Crippen molar-refractivity contribution in [3.05, 3.63) is 27.4 Å². The normalized spacial score (nSPS) is 22.6. The van der Waals surface area contributed by atoms with E-state index >= 15 is 0 Å². The molecule has 0 aromatic carbocycles. The number of β-amino-alcohol motifs (C(OH)–C–C–N with tert-alkyl or cyclic N) is 1. The van der Waals surface area contributed by atoms with Crippen LogP contribution >= 0.6 is 11.6 Å². The van der Waals surface area contributed by atoms with Crippen LogP contribution in [0.25, 0.3) is 0 Å². The molecule has 0 bridgehead atoms. The summed E-state index contributed by atoms with van der Waals surface area (Å²) in [5.41, 5.74) is -0.0905. The summed E-state index contributed by atoms with van der Waals surface area (Å²) in [5, 5.41) is 21.2. The third-order valence-corrected chi connectivity index (χ3v) is 3.47. The smallest absolute Gasteiger partial charge is 0.311 e. The van der Waals surface area contributed by atoms with Gasteiger partial charge in [-0.15, -0.1) is 0 Å². The highest BCUT2D eigenvalue weighted by Gasteiger charge is 2.35. The van der Waals surface area contributed by atoms with Crippen LogP contribution in [-0.4, -0.2) is 59.2 Å². The maximum Gasteiger partial charge on any atom is 0.311 e. The Labute approximate surface area is 121 Å². The minimum atomic E-state index is -0.514. The molecule has 2 unspecified atom stereocenters. The summed E-state index contributed by atoms with van der Waals surface area (Å²) in [7, 11) is 3.84. The Morgan fingerprint density at radius 3 is 2.90 bits per heavy atom. The molecule has 0 amide bonds. The van der Waals surface area contributed by atoms with Crippen molar-refractivity contribution in [3.8, 4) is 0 Å². The lowest BCUT2D eigenvalue weighted by atomic mass is 10.2. The number of aromatic nitrogens is 1. The summed E-state index contributed by atoms with van der Waals surface area (Å²) in [6, 6.07) is 2.73. The van der Waals surface area contributed by atoms with Crippen molar-refractivity contribution in [3.63, 3.8) is 0 Å². The number of nitro groups is 1. The summed E-state index contributed by atoms with van der Waals surface area (Å²) in [6.07, 6.45) is 0.0455. The zero-order chi connectivity index (χ0) is 14.9. The van der Waals surface area contributed by atoms with Crippen LogP contribution in [0.5, 0.6) is 0 Å². The van der Waals surface area contributed by atoms with Gasteiger partial charge in [0, 0.05) is 25.2 Å². The second-order valence-corrected chi connectivity index (χ2v) is 5.58. The molecule has 2 heterocycles. The van der Waals surface area contributed by atoms with E-state index in [1.165, 1.54) is 12.1 Å². The fourth-order valence-electron chi connectivity index (χ4n) is 2.52. The molecule has 7 nitrogen and oxygen atoms in total. The van der Waals surface area contributed by atoms with E-state index in [0.29, 0.717) is 19.5 Å². The first-order chi connectivity index (χ1) is 9.38. The predicted molar refractivity (Wildman–Crippen MR) is 76.2 cm³/mol. The van der Waals surface area contributed by atoms with Gasteiger partial charge in [-0.25, -0.2) is 4.98 Å². The van der Waals surface area contributed by atoms with E-state index < -0.39 is 11.0 Å². The molecule has 1 N–H and O–H groups in total. The van der Waals surface area contributed by atoms with Crippen LogP contribution in [0.1, 0.15) is 6.42 Å². The van der Waals surface area contributed by atoms with Crippen molar-refractivity contribution in [2.75, 3.05) is 32.1 Å². The summed E-state index contributed by atoms with van der Waals surface area (Å²) in [4.78, 5) is 18.5. The average Bonchev–Trinajstić information content (AvgIpc) is 2.68. The molecule has 1 aromatic heterocycles. The maximum absolute atomic E-state index is 11.1. The highest BCUT2D eigenvalue weighted by Crippen LogP contribution is 2.33. The largest absolute Gasteiger partial charge is 0.391 e. The molecule has 8 heteroatoms. The van der Waals surface area contributed by atoms with Gasteiger partial charge in [0.05, 0.1) is 11.0 Å². The second-order valence-electron chi connectivity index (χ2n) is 5.19. The molecule has 1 fully saturated rings. The van der Waals surface area contributed by atoms with Gasteiger partial charge in [-0.3, -0.25) is 10.1 Å². The number of pyridine rings is 1. The standard InChI is InChI=1S/C12H17ClN4O3/c1-15(2)6-8-5-9(18)7-16(8)12-10(17(19)20)3-4-11(13)14-12/h3-4,8-9,18H,5-7H2,1-2H3. The zero-order valence-electron chi connectivity index (χ0n) is 11.4. The molecule has 2 atom stereocenters. The Hall–Kier alpha value is -1.44. The monoisotopic (exact) mass is 300 g/mol. The van der Waals surface area contributed by atoms with Crippen molar-refractivity contribution >= 4 is 23.1 Å². The molecule has 0 saturated carbocycles. The SMILES string of the molecule is CN(C)CC1CC(O)CN1c1nc(Cl)ccc1[N+](=O)[O-]. The lowest BCUT2D eigenvalue weighted by Crippen LogP contribution is -2.38. The van der Waals surface area contributed by atoms with E-state index in [1.54, 1.807) is 4.90 Å². The van der Waals surface area contributed by atoms with Gasteiger partial charge in [-0.2, -0.15) is 0 Å². The van der Waals surface area contributed by atoms with Crippen LogP contribution < -0.4 is 4.90 Å². The Kier molecular flexibility index (Phi) is 4.42. The third-order valence-electron chi connectivity index (χ3n) is 3.26. The number of nitrogens with zero attached hydrogens (tertiary/aromatic N) is 4. The average molecular weight is 301 g/mol. The van der Waals surface area contributed by atoms with Crippen molar-refractivity contribution in [2.45, 2.75) is 18.6 Å². The molecule has 110 valence electrons. The molecular weight excluding hydrogens is 284 g/mol. The molecule has 20 heavy (non-hydrogen) atoms. The Bertz CT molecular complexity index is 511. The number of likely N-dealkylation sites (N-methyl/N-ethyl adjacent to an activating group) is 1. The summed E-state index contributed by atoms with van der Waals surface area (Å²) in [6.45, 7) is 1.01. The van der Waals surface area contributed by atoms with Gasteiger partial charge in [0.15, 0.2) is 0 Å². The van der Waals surface area contributed by atoms with Crippen molar-refractivity contribution in [1.82, 2.24) is 9.88 Å². The van der Waals surface area contributed by atoms with Crippen LogP contribution in [0.4, 0.5) is 11.5 Å². The molecule has 1 saturated heterocycles. The van der Waals surface area contributed by atoms with E-state index in [-0.39, 0.29) is 22.7 Å². The van der Waals surface area contributed by atoms with Crippen molar-refractivity contribution in [2.24, 2.45) is 0 Å². The van der Waals surface area contributed by atoms with Crippen LogP contribution in [0.15, 0.2) is 12.1 Å². The van der Waals surface area contributed by atoms with Gasteiger partial charge in [0.25, 0.3) is 0 Å². The number of hydrogen-bond donors (Lipinski definition) is 1. The maximum atomic E-state index is 11.1. The van der Waals surface area contributed by atoms with E-state index in [4.69, 9.17) is 11.6 Å². The van der Waals surface area contributed by atoms with Gasteiger partial charge in [0.1, 0.15) is 5.15 Å². The summed E-state index contributed by atoms with van der Waals surface area (Å²) in [5.74, 6) is 0.228. The highest BCUT2D eigenvalue weighted by molar-refractivity contribution is 6.29. The molecule has 0 radical (unpaired) electrons. The minimum absolute atomic E-state index is 0.0235. The number of hydrogen-bond acceptors (Lipinski definition) is 6. The number of anilines is 1. The lowest BCUT2D eigenvalue weighted by Gasteiger charge is -2.27. The fraction of sp³-hybridized carbons (Fsp3) is 0.583. The van der Waals surface area contributed by atoms with E-state index in [9.17, 15) is 15.2 Å². The molecule has 0 spiro atoms. The lowest BCUT2D eigenvalue weighted by molar-refractivity contribution is -0.384. The number of aliphatic hydroxyl groups excluding tert-OH is 1. The first kappa shape index (κ1) is 15.0. The van der Waals surface area contributed by atoms with Crippen LogP contribution in [0.3, 0.4) is 0 Å². The van der Waals surface area contributed by atoms with Crippen LogP contribution in [0, 0.1) is 10.1 Å². The van der Waals surface area contributed by atoms with E-state index in [0.717, 1.165) is 0 Å². The Morgan fingerprint density at radius 2 is 2.30 bits per heavy atom. The van der Waals surface area contributed by atoms with Gasteiger partial charge >= 0.3 is 5.69 Å². The number of halogens is 1. The summed E-state index contributed by atoms with van der Waals surface area (Å²) >= 11 is 5.86. The Balaban J connectivity index is 2.37. The third kappa shape index (κ3) is 3.17. The van der Waals surface area contributed by atoms with Gasteiger partial charge < -0.3 is 14.9 Å². The number of rotatable bonds is 4. The minimum Gasteiger partial charge on any atom is -0.391 e. The first-order valence-corrected chi connectivity index (χ1v) is 6.66. The van der Waals surface area contributed by atoms with E-state index in [2.05, 4.69) is 4.98 Å². The highest BCUT2D eigenvalue weighted by atomic mass is 35.5. The zero-order valence-corrected chi connectivity index (χ0v) is 12.1. The molecule has 1 aromatic rings. The van der Waals surface area contributed by atoms with Crippen LogP contribution in [0.2, 0.25) is 5.15 Å². The van der Waals surface area contributed by atoms with E-state index in [1.807, 2.05) is 19.0 Å². The molecule has 1 aliphatic heterocycles. The molecule has 2 rings (SSSR count). The quantitative estimate of drug-likeness (QED) is 0.510. The van der Waals surface area contributed by atoms with Crippen molar-refractivity contribution in [1.29, 1.82) is 0 Å². The van der Waals surface area contributed by atoms with Gasteiger partial charge in [-0.1, -0.05) is 11.6 Å². The van der Waals surface area contributed by atoms with Crippen molar-refractivity contribution < 1.29 is 10.0 Å². The van der Waals surface area contributed by atoms with Crippen LogP contribution in [-0.2, 0) is 0 Å². The van der Waals surface area contributed by atoms with Gasteiger partial charge in [-0.05, 0) is 26.6 Å². The Morgan fingerprint density at radius 1 is 1.60 bits per heavy atom. The first-order valence-electron chi connectivity index (χ1n) is 6.29. The fourth-order valence-corrected chi connectivity index (χ4v) is 2.66. The predicted octanol–water partition coefficient (Wildman–Crippen LogP) is 1.14. The molecular formula is C12H17ClN4O3. The molecule has 1 aliphatic rings. The van der Waals surface area contributed by atoms with Gasteiger partial charge in [0.2, 0.25) is 5.82 Å². The second kappa shape index (κ2) is 5.90.